The van der Waals surface area contributed by atoms with Crippen molar-refractivity contribution in [2.45, 2.75) is 25.7 Å². The highest BCUT2D eigenvalue weighted by Gasteiger charge is 2.24. The van der Waals surface area contributed by atoms with Gasteiger partial charge in [0.05, 0.1) is 11.4 Å². The zero-order chi connectivity index (χ0) is 14.9. The number of aryl methyl sites for hydroxylation is 3. The fourth-order valence-electron chi connectivity index (χ4n) is 3.52. The summed E-state index contributed by atoms with van der Waals surface area (Å²) >= 11 is 0. The van der Waals surface area contributed by atoms with E-state index >= 15 is 0 Å². The molecule has 4 nitrogen and oxygen atoms in total. The van der Waals surface area contributed by atoms with Gasteiger partial charge in [-0.2, -0.15) is 10.2 Å². The molecular formula is C18H21N4+. The zero-order valence-corrected chi connectivity index (χ0v) is 13.0. The van der Waals surface area contributed by atoms with E-state index in [9.17, 15) is 0 Å². The summed E-state index contributed by atoms with van der Waals surface area (Å²) in [5.41, 5.74) is 6.29. The van der Waals surface area contributed by atoms with Gasteiger partial charge in [0, 0.05) is 30.9 Å². The first-order valence-electron chi connectivity index (χ1n) is 8.07. The van der Waals surface area contributed by atoms with Crippen LogP contribution in [0, 0.1) is 0 Å². The van der Waals surface area contributed by atoms with Gasteiger partial charge in [-0.1, -0.05) is 0 Å². The Hall–Kier alpha value is -2.23. The Morgan fingerprint density at radius 3 is 2.14 bits per heavy atom. The van der Waals surface area contributed by atoms with Crippen molar-refractivity contribution >= 4 is 17.1 Å². The highest BCUT2D eigenvalue weighted by Crippen LogP contribution is 2.38. The Labute approximate surface area is 131 Å². The van der Waals surface area contributed by atoms with Gasteiger partial charge in [-0.15, -0.1) is 0 Å². The van der Waals surface area contributed by atoms with Crippen LogP contribution >= 0.6 is 0 Å². The van der Waals surface area contributed by atoms with E-state index in [-0.39, 0.29) is 0 Å². The third-order valence-electron chi connectivity index (χ3n) is 4.56. The van der Waals surface area contributed by atoms with Crippen molar-refractivity contribution in [3.05, 3.63) is 47.8 Å². The van der Waals surface area contributed by atoms with E-state index in [4.69, 9.17) is 0 Å². The largest absolute Gasteiger partial charge is 0.371 e. The van der Waals surface area contributed by atoms with Crippen LogP contribution in [0.25, 0.3) is 0 Å². The van der Waals surface area contributed by atoms with Gasteiger partial charge in [0.15, 0.2) is 12.4 Å². The van der Waals surface area contributed by atoms with E-state index in [1.54, 1.807) is 0 Å². The van der Waals surface area contributed by atoms with Crippen LogP contribution in [0.4, 0.5) is 17.1 Å². The fraction of sp³-hybridized carbons (Fsp3) is 0.389. The molecule has 0 saturated carbocycles. The SMILES string of the molecule is C[n+]1ccc(/N=N/c2cc3c4c(c2)CCCN4CCC3)cc1. The van der Waals surface area contributed by atoms with Crippen LogP contribution in [0.1, 0.15) is 24.0 Å². The van der Waals surface area contributed by atoms with E-state index in [2.05, 4.69) is 27.3 Å². The van der Waals surface area contributed by atoms with E-state index in [0.717, 1.165) is 11.4 Å². The van der Waals surface area contributed by atoms with Gasteiger partial charge in [0.25, 0.3) is 0 Å². The molecule has 0 radical (unpaired) electrons. The Morgan fingerprint density at radius 2 is 1.50 bits per heavy atom. The van der Waals surface area contributed by atoms with Crippen molar-refractivity contribution < 1.29 is 4.57 Å². The van der Waals surface area contributed by atoms with Gasteiger partial charge in [0.1, 0.15) is 7.05 Å². The monoisotopic (exact) mass is 293 g/mol. The molecule has 0 saturated heterocycles. The second-order valence-electron chi connectivity index (χ2n) is 6.23. The van der Waals surface area contributed by atoms with Gasteiger partial charge >= 0.3 is 0 Å². The zero-order valence-electron chi connectivity index (χ0n) is 13.0. The molecule has 2 aromatic rings. The molecule has 1 aromatic carbocycles. The van der Waals surface area contributed by atoms with Crippen LogP contribution < -0.4 is 9.47 Å². The van der Waals surface area contributed by atoms with Gasteiger partial charge in [-0.05, 0) is 48.9 Å². The average molecular weight is 293 g/mol. The molecule has 0 spiro atoms. The van der Waals surface area contributed by atoms with Crippen molar-refractivity contribution in [3.63, 3.8) is 0 Å². The first-order chi connectivity index (χ1) is 10.8. The highest BCUT2D eigenvalue weighted by molar-refractivity contribution is 5.67. The molecule has 2 aliphatic heterocycles. The molecule has 3 heterocycles. The summed E-state index contributed by atoms with van der Waals surface area (Å²) < 4.78 is 2.00. The Morgan fingerprint density at radius 1 is 0.909 bits per heavy atom. The summed E-state index contributed by atoms with van der Waals surface area (Å²) in [6, 6.07) is 8.41. The maximum Gasteiger partial charge on any atom is 0.170 e. The Kier molecular flexibility index (Phi) is 3.37. The molecule has 0 atom stereocenters. The summed E-state index contributed by atoms with van der Waals surface area (Å²) in [6.45, 7) is 2.42. The van der Waals surface area contributed by atoms with Crippen LogP contribution in [0.15, 0.2) is 46.9 Å². The van der Waals surface area contributed by atoms with Crippen molar-refractivity contribution in [1.82, 2.24) is 0 Å². The maximum atomic E-state index is 4.47. The minimum Gasteiger partial charge on any atom is -0.371 e. The summed E-state index contributed by atoms with van der Waals surface area (Å²) in [4.78, 5) is 2.55. The lowest BCUT2D eigenvalue weighted by Gasteiger charge is -2.36. The fourth-order valence-corrected chi connectivity index (χ4v) is 3.52. The Balaban J connectivity index is 1.67. The third kappa shape index (κ3) is 2.49. The summed E-state index contributed by atoms with van der Waals surface area (Å²) in [6.07, 6.45) is 8.82. The number of hydrogen-bond acceptors (Lipinski definition) is 3. The lowest BCUT2D eigenvalue weighted by atomic mass is 9.91. The van der Waals surface area contributed by atoms with Crippen LogP contribution in [-0.2, 0) is 19.9 Å². The van der Waals surface area contributed by atoms with Crippen molar-refractivity contribution in [3.8, 4) is 0 Å². The Bertz CT molecular complexity index is 687. The average Bonchev–Trinajstić information content (AvgIpc) is 2.55. The molecular weight excluding hydrogens is 272 g/mol. The van der Waals surface area contributed by atoms with Crippen LogP contribution in [0.2, 0.25) is 0 Å². The minimum absolute atomic E-state index is 0.895. The second kappa shape index (κ2) is 5.52. The van der Waals surface area contributed by atoms with E-state index in [1.807, 2.05) is 36.1 Å². The van der Waals surface area contributed by atoms with Gasteiger partial charge in [0.2, 0.25) is 0 Å². The summed E-state index contributed by atoms with van der Waals surface area (Å²) in [7, 11) is 2.00. The molecule has 0 fully saturated rings. The minimum atomic E-state index is 0.895. The predicted octanol–water partition coefficient (Wildman–Crippen LogP) is 3.63. The van der Waals surface area contributed by atoms with Crippen LogP contribution in [-0.4, -0.2) is 13.1 Å². The van der Waals surface area contributed by atoms with Crippen molar-refractivity contribution in [2.75, 3.05) is 18.0 Å². The number of benzene rings is 1. The maximum absolute atomic E-state index is 4.47. The first-order valence-corrected chi connectivity index (χ1v) is 8.07. The number of azo groups is 1. The second-order valence-corrected chi connectivity index (χ2v) is 6.23. The van der Waals surface area contributed by atoms with Gasteiger partial charge < -0.3 is 4.90 Å². The molecule has 112 valence electrons. The van der Waals surface area contributed by atoms with Crippen LogP contribution in [0.3, 0.4) is 0 Å². The summed E-state index contributed by atoms with van der Waals surface area (Å²) in [5.74, 6) is 0. The molecule has 0 unspecified atom stereocenters. The van der Waals surface area contributed by atoms with Gasteiger partial charge in [-0.25, -0.2) is 4.57 Å². The number of anilines is 1. The third-order valence-corrected chi connectivity index (χ3v) is 4.56. The van der Waals surface area contributed by atoms with Crippen molar-refractivity contribution in [2.24, 2.45) is 17.3 Å². The molecule has 0 bridgehead atoms. The molecule has 0 aliphatic carbocycles. The normalized spacial score (nSPS) is 16.9. The first kappa shape index (κ1) is 13.4. The number of rotatable bonds is 2. The lowest BCUT2D eigenvalue weighted by molar-refractivity contribution is -0.671. The smallest absolute Gasteiger partial charge is 0.170 e. The summed E-state index contributed by atoms with van der Waals surface area (Å²) in [5, 5.41) is 8.85. The molecule has 4 rings (SSSR count). The van der Waals surface area contributed by atoms with Crippen LogP contribution in [0.5, 0.6) is 0 Å². The van der Waals surface area contributed by atoms with E-state index in [1.165, 1.54) is 55.6 Å². The molecule has 22 heavy (non-hydrogen) atoms. The van der Waals surface area contributed by atoms with E-state index < -0.39 is 0 Å². The number of hydrogen-bond donors (Lipinski definition) is 0. The standard InChI is InChI=1S/C18H21N4/c1-21-10-6-16(7-11-21)19-20-17-12-14-4-2-8-22-9-3-5-15(13-17)18(14)22/h6-7,10-13H,2-5,8-9H2,1H3/q+1. The molecule has 4 heteroatoms. The quantitative estimate of drug-likeness (QED) is 0.614. The topological polar surface area (TPSA) is 31.8 Å². The number of aromatic nitrogens is 1. The molecule has 0 amide bonds. The molecule has 1 aromatic heterocycles. The van der Waals surface area contributed by atoms with E-state index in [0.29, 0.717) is 0 Å². The molecule has 2 aliphatic rings. The number of nitrogens with zero attached hydrogens (tertiary/aromatic N) is 4. The molecule has 0 N–H and O–H groups in total. The highest BCUT2D eigenvalue weighted by atomic mass is 15.1. The predicted molar refractivity (Wildman–Crippen MR) is 87.1 cm³/mol. The lowest BCUT2D eigenvalue weighted by Crippen LogP contribution is -2.34. The van der Waals surface area contributed by atoms with Gasteiger partial charge in [-0.3, -0.25) is 0 Å². The van der Waals surface area contributed by atoms with Crippen molar-refractivity contribution in [1.29, 1.82) is 0 Å². The number of pyridine rings is 1.